The highest BCUT2D eigenvalue weighted by molar-refractivity contribution is 5.98. The minimum absolute atomic E-state index is 0.264. The summed E-state index contributed by atoms with van der Waals surface area (Å²) >= 11 is 0. The Morgan fingerprint density at radius 2 is 2.19 bits per heavy atom. The molecule has 0 radical (unpaired) electrons. The van der Waals surface area contributed by atoms with Crippen molar-refractivity contribution in [1.29, 1.82) is 0 Å². The van der Waals surface area contributed by atoms with E-state index in [9.17, 15) is 4.79 Å². The zero-order valence-electron chi connectivity index (χ0n) is 9.19. The lowest BCUT2D eigenvalue weighted by Crippen LogP contribution is -2.12. The number of anilines is 1. The number of aryl methyl sites for hydroxylation is 2. The first-order valence-electron chi connectivity index (χ1n) is 4.87. The Bertz CT molecular complexity index is 571. The molecule has 16 heavy (non-hydrogen) atoms. The molecule has 0 spiro atoms. The number of hydrogen-bond acceptors (Lipinski definition) is 3. The molecule has 0 aliphatic rings. The Morgan fingerprint density at radius 1 is 1.44 bits per heavy atom. The van der Waals surface area contributed by atoms with Gasteiger partial charge in [-0.25, -0.2) is 4.98 Å². The zero-order chi connectivity index (χ0) is 11.7. The summed E-state index contributed by atoms with van der Waals surface area (Å²) in [6.07, 6.45) is 1.22. The van der Waals surface area contributed by atoms with Crippen LogP contribution in [0.1, 0.15) is 11.4 Å². The van der Waals surface area contributed by atoms with Gasteiger partial charge in [-0.15, -0.1) is 0 Å². The van der Waals surface area contributed by atoms with Gasteiger partial charge in [0.1, 0.15) is 5.82 Å². The van der Waals surface area contributed by atoms with Gasteiger partial charge in [-0.1, -0.05) is 6.58 Å². The van der Waals surface area contributed by atoms with Crippen LogP contribution in [0.5, 0.6) is 0 Å². The molecule has 2 aromatic heterocycles. The van der Waals surface area contributed by atoms with E-state index in [1.807, 2.05) is 19.9 Å². The molecule has 0 unspecified atom stereocenters. The summed E-state index contributed by atoms with van der Waals surface area (Å²) in [6.45, 7) is 7.15. The summed E-state index contributed by atoms with van der Waals surface area (Å²) in [7, 11) is 0. The Labute approximate surface area is 92.8 Å². The van der Waals surface area contributed by atoms with E-state index in [2.05, 4.69) is 22.0 Å². The van der Waals surface area contributed by atoms with E-state index >= 15 is 0 Å². The summed E-state index contributed by atoms with van der Waals surface area (Å²) in [5.41, 5.74) is 2.40. The van der Waals surface area contributed by atoms with Crippen LogP contribution in [0.2, 0.25) is 0 Å². The number of amides is 1. The summed E-state index contributed by atoms with van der Waals surface area (Å²) in [4.78, 5) is 15.6. The van der Waals surface area contributed by atoms with Gasteiger partial charge in [-0.3, -0.25) is 4.79 Å². The molecule has 0 fully saturated rings. The van der Waals surface area contributed by atoms with Crippen LogP contribution in [0.4, 0.5) is 5.82 Å². The molecule has 2 aromatic rings. The molecule has 0 saturated heterocycles. The number of aromatic nitrogens is 3. The topological polar surface area (TPSA) is 59.3 Å². The van der Waals surface area contributed by atoms with Crippen LogP contribution >= 0.6 is 0 Å². The van der Waals surface area contributed by atoms with Crippen molar-refractivity contribution in [3.05, 3.63) is 36.2 Å². The molecule has 0 aliphatic carbocycles. The average molecular weight is 216 g/mol. The first kappa shape index (κ1) is 10.4. The lowest BCUT2D eigenvalue weighted by Gasteiger charge is -2.05. The maximum atomic E-state index is 11.3. The van der Waals surface area contributed by atoms with Crippen LogP contribution in [0.15, 0.2) is 24.8 Å². The van der Waals surface area contributed by atoms with Gasteiger partial charge in [0.05, 0.1) is 5.69 Å². The van der Waals surface area contributed by atoms with Gasteiger partial charge >= 0.3 is 0 Å². The fraction of sp³-hybridized carbons (Fsp3) is 0.182. The minimum atomic E-state index is -0.264. The normalized spacial score (nSPS) is 10.4. The van der Waals surface area contributed by atoms with Crippen molar-refractivity contribution in [3.63, 3.8) is 0 Å². The van der Waals surface area contributed by atoms with Crippen LogP contribution in [0, 0.1) is 13.8 Å². The van der Waals surface area contributed by atoms with Crippen molar-refractivity contribution < 1.29 is 4.79 Å². The zero-order valence-corrected chi connectivity index (χ0v) is 9.19. The largest absolute Gasteiger partial charge is 0.307 e. The molecule has 2 rings (SSSR count). The van der Waals surface area contributed by atoms with Crippen molar-refractivity contribution in [3.8, 4) is 0 Å². The van der Waals surface area contributed by atoms with Gasteiger partial charge in [0.15, 0.2) is 5.65 Å². The molecule has 5 heteroatoms. The number of fused-ring (bicyclic) bond motifs is 1. The van der Waals surface area contributed by atoms with Crippen LogP contribution in [0.3, 0.4) is 0 Å². The number of nitrogens with one attached hydrogen (secondary N) is 1. The third-order valence-corrected chi connectivity index (χ3v) is 2.11. The number of carbonyl (C=O) groups is 1. The van der Waals surface area contributed by atoms with Crippen molar-refractivity contribution >= 4 is 17.4 Å². The predicted molar refractivity (Wildman–Crippen MR) is 61.3 cm³/mol. The van der Waals surface area contributed by atoms with E-state index < -0.39 is 0 Å². The Morgan fingerprint density at radius 3 is 2.88 bits per heavy atom. The van der Waals surface area contributed by atoms with Crippen molar-refractivity contribution in [1.82, 2.24) is 14.6 Å². The summed E-state index contributed by atoms with van der Waals surface area (Å²) in [6, 6.07) is 3.62. The maximum absolute atomic E-state index is 11.3. The second-order valence-electron chi connectivity index (χ2n) is 3.53. The van der Waals surface area contributed by atoms with Gasteiger partial charge in [0, 0.05) is 17.8 Å². The quantitative estimate of drug-likeness (QED) is 0.773. The highest BCUT2D eigenvalue weighted by Gasteiger charge is 2.07. The standard InChI is InChI=1S/C11H12N4O/c1-4-11(16)13-10-5-7(2)12-9-6-8(3)14-15(9)10/h4-6H,1H2,2-3H3,(H,13,16). The third kappa shape index (κ3) is 1.79. The third-order valence-electron chi connectivity index (χ3n) is 2.11. The van der Waals surface area contributed by atoms with Crippen LogP contribution in [-0.4, -0.2) is 20.5 Å². The molecule has 1 amide bonds. The van der Waals surface area contributed by atoms with E-state index in [4.69, 9.17) is 0 Å². The van der Waals surface area contributed by atoms with Gasteiger partial charge in [-0.05, 0) is 19.9 Å². The van der Waals surface area contributed by atoms with Gasteiger partial charge in [-0.2, -0.15) is 9.61 Å². The lowest BCUT2D eigenvalue weighted by molar-refractivity contribution is -0.111. The fourth-order valence-corrected chi connectivity index (χ4v) is 1.48. The number of hydrogen-bond donors (Lipinski definition) is 1. The van der Waals surface area contributed by atoms with Crippen molar-refractivity contribution in [2.75, 3.05) is 5.32 Å². The van der Waals surface area contributed by atoms with E-state index in [1.54, 1.807) is 10.6 Å². The number of carbonyl (C=O) groups excluding carboxylic acids is 1. The van der Waals surface area contributed by atoms with Gasteiger partial charge < -0.3 is 5.32 Å². The average Bonchev–Trinajstić information content (AvgIpc) is 2.58. The van der Waals surface area contributed by atoms with Crippen molar-refractivity contribution in [2.24, 2.45) is 0 Å². The SMILES string of the molecule is C=CC(=O)Nc1cc(C)nc2cc(C)nn12. The minimum Gasteiger partial charge on any atom is -0.307 e. The van der Waals surface area contributed by atoms with E-state index in [-0.39, 0.29) is 5.91 Å². The Balaban J connectivity index is 2.57. The van der Waals surface area contributed by atoms with E-state index in [0.29, 0.717) is 5.82 Å². The molecule has 0 atom stereocenters. The first-order valence-corrected chi connectivity index (χ1v) is 4.87. The summed E-state index contributed by atoms with van der Waals surface area (Å²) < 4.78 is 1.60. The van der Waals surface area contributed by atoms with E-state index in [0.717, 1.165) is 17.0 Å². The second-order valence-corrected chi connectivity index (χ2v) is 3.53. The molecule has 82 valence electrons. The molecular formula is C11H12N4O. The molecule has 0 aliphatic heterocycles. The Kier molecular flexibility index (Phi) is 2.44. The summed E-state index contributed by atoms with van der Waals surface area (Å²) in [5.74, 6) is 0.334. The maximum Gasteiger partial charge on any atom is 0.248 e. The fourth-order valence-electron chi connectivity index (χ4n) is 1.48. The molecule has 5 nitrogen and oxygen atoms in total. The van der Waals surface area contributed by atoms with Crippen LogP contribution in [-0.2, 0) is 4.79 Å². The molecule has 0 bridgehead atoms. The van der Waals surface area contributed by atoms with Gasteiger partial charge in [0.2, 0.25) is 5.91 Å². The Hall–Kier alpha value is -2.17. The molecule has 1 N–H and O–H groups in total. The monoisotopic (exact) mass is 216 g/mol. The first-order chi connectivity index (χ1) is 7.60. The predicted octanol–water partition coefficient (Wildman–Crippen LogP) is 1.47. The van der Waals surface area contributed by atoms with Crippen LogP contribution in [0.25, 0.3) is 5.65 Å². The number of rotatable bonds is 2. The van der Waals surface area contributed by atoms with Crippen LogP contribution < -0.4 is 5.32 Å². The molecular weight excluding hydrogens is 204 g/mol. The molecule has 2 heterocycles. The second kappa shape index (κ2) is 3.77. The highest BCUT2D eigenvalue weighted by Crippen LogP contribution is 2.13. The number of nitrogens with zero attached hydrogens (tertiary/aromatic N) is 3. The lowest BCUT2D eigenvalue weighted by atomic mass is 10.4. The van der Waals surface area contributed by atoms with Crippen molar-refractivity contribution in [2.45, 2.75) is 13.8 Å². The van der Waals surface area contributed by atoms with E-state index in [1.165, 1.54) is 6.08 Å². The molecule has 0 saturated carbocycles. The molecule has 0 aromatic carbocycles. The summed E-state index contributed by atoms with van der Waals surface area (Å²) in [5, 5.41) is 6.94. The highest BCUT2D eigenvalue weighted by atomic mass is 16.1. The smallest absolute Gasteiger partial charge is 0.248 e. The van der Waals surface area contributed by atoms with Gasteiger partial charge in [0.25, 0.3) is 0 Å².